The maximum atomic E-state index is 11.9. The summed E-state index contributed by atoms with van der Waals surface area (Å²) in [6.45, 7) is 4.04. The fraction of sp³-hybridized carbons (Fsp3) is 0.231. The predicted molar refractivity (Wildman–Crippen MR) is 75.3 cm³/mol. The van der Waals surface area contributed by atoms with Crippen molar-refractivity contribution in [2.24, 2.45) is 0 Å². The van der Waals surface area contributed by atoms with E-state index in [4.69, 9.17) is 11.6 Å². The van der Waals surface area contributed by atoms with Gasteiger partial charge in [0.25, 0.3) is 0 Å². The second-order valence-corrected chi connectivity index (χ2v) is 5.52. The van der Waals surface area contributed by atoms with Crippen LogP contribution < -0.4 is 4.90 Å². The molecular weight excluding hydrogens is 270 g/mol. The number of rotatable bonds is 5. The van der Waals surface area contributed by atoms with Gasteiger partial charge in [0.2, 0.25) is 5.91 Å². The van der Waals surface area contributed by atoms with E-state index >= 15 is 0 Å². The fourth-order valence-corrected chi connectivity index (χ4v) is 2.75. The normalized spacial score (nSPS) is 18.4. The van der Waals surface area contributed by atoms with Crippen molar-refractivity contribution in [2.75, 3.05) is 17.2 Å². The molecule has 0 spiro atoms. The molecule has 1 atom stereocenters. The molecule has 1 amide bonds. The predicted octanol–water partition coefficient (Wildman–Crippen LogP) is 2.54. The van der Waals surface area contributed by atoms with E-state index in [-0.39, 0.29) is 16.9 Å². The van der Waals surface area contributed by atoms with E-state index in [0.717, 1.165) is 5.69 Å². The summed E-state index contributed by atoms with van der Waals surface area (Å²) in [6, 6.07) is 7.14. The third-order valence-corrected chi connectivity index (χ3v) is 4.14. The molecule has 1 fully saturated rings. The molecule has 1 aromatic carbocycles. The number of hydrogen-bond acceptors (Lipinski definition) is 3. The van der Waals surface area contributed by atoms with Crippen LogP contribution >= 0.6 is 23.4 Å². The van der Waals surface area contributed by atoms with E-state index in [1.165, 1.54) is 17.8 Å². The number of carbonyl (C=O) groups excluding carboxylic acids is 2. The number of ketones is 1. The third kappa shape index (κ3) is 2.76. The molecular formula is C13H12ClNO2S. The van der Waals surface area contributed by atoms with Crippen LogP contribution in [0.15, 0.2) is 36.9 Å². The largest absolute Gasteiger partial charge is 0.310 e. The van der Waals surface area contributed by atoms with Gasteiger partial charge in [0.1, 0.15) is 5.25 Å². The lowest BCUT2D eigenvalue weighted by atomic mass is 10.1. The average Bonchev–Trinajstić information content (AvgIpc) is 2.38. The Bertz CT molecular complexity index is 486. The SMILES string of the molecule is C=CC(=O)CSC1CN(c2ccc(Cl)cc2)C1=O. The first-order chi connectivity index (χ1) is 8.61. The highest BCUT2D eigenvalue weighted by Gasteiger charge is 2.37. The molecule has 1 aliphatic heterocycles. The van der Waals surface area contributed by atoms with Crippen molar-refractivity contribution in [1.82, 2.24) is 0 Å². The van der Waals surface area contributed by atoms with Crippen LogP contribution in [0.3, 0.4) is 0 Å². The van der Waals surface area contributed by atoms with E-state index < -0.39 is 0 Å². The first-order valence-corrected chi connectivity index (χ1v) is 6.88. The topological polar surface area (TPSA) is 37.4 Å². The van der Waals surface area contributed by atoms with Crippen LogP contribution in [0.1, 0.15) is 0 Å². The van der Waals surface area contributed by atoms with Crippen LogP contribution in [0.25, 0.3) is 0 Å². The summed E-state index contributed by atoms with van der Waals surface area (Å²) >= 11 is 7.16. The van der Waals surface area contributed by atoms with Gasteiger partial charge in [-0.05, 0) is 30.3 Å². The Labute approximate surface area is 115 Å². The van der Waals surface area contributed by atoms with Gasteiger partial charge < -0.3 is 4.90 Å². The molecule has 5 heteroatoms. The maximum Gasteiger partial charge on any atom is 0.241 e. The molecule has 1 unspecified atom stereocenters. The van der Waals surface area contributed by atoms with Crippen molar-refractivity contribution in [3.05, 3.63) is 41.9 Å². The van der Waals surface area contributed by atoms with Gasteiger partial charge in [-0.1, -0.05) is 18.2 Å². The molecule has 0 aromatic heterocycles. The zero-order valence-electron chi connectivity index (χ0n) is 9.64. The van der Waals surface area contributed by atoms with Crippen LogP contribution in [-0.4, -0.2) is 29.2 Å². The number of amides is 1. The van der Waals surface area contributed by atoms with Gasteiger partial charge in [0.15, 0.2) is 5.78 Å². The van der Waals surface area contributed by atoms with Crippen LogP contribution in [0.2, 0.25) is 5.02 Å². The smallest absolute Gasteiger partial charge is 0.241 e. The molecule has 0 bridgehead atoms. The van der Waals surface area contributed by atoms with E-state index in [0.29, 0.717) is 17.3 Å². The van der Waals surface area contributed by atoms with Gasteiger partial charge in [-0.15, -0.1) is 11.8 Å². The molecule has 0 aliphatic carbocycles. The highest BCUT2D eigenvalue weighted by atomic mass is 35.5. The summed E-state index contributed by atoms with van der Waals surface area (Å²) in [5.41, 5.74) is 0.844. The summed E-state index contributed by atoms with van der Waals surface area (Å²) in [7, 11) is 0. The Morgan fingerprint density at radius 1 is 1.50 bits per heavy atom. The summed E-state index contributed by atoms with van der Waals surface area (Å²) in [6.07, 6.45) is 1.28. The molecule has 0 saturated carbocycles. The van der Waals surface area contributed by atoms with Crippen LogP contribution in [0, 0.1) is 0 Å². The number of thioether (sulfide) groups is 1. The second-order valence-electron chi connectivity index (χ2n) is 3.90. The molecule has 0 N–H and O–H groups in total. The Morgan fingerprint density at radius 2 is 2.17 bits per heavy atom. The number of hydrogen-bond donors (Lipinski definition) is 0. The Balaban J connectivity index is 1.90. The van der Waals surface area contributed by atoms with Gasteiger partial charge in [-0.25, -0.2) is 0 Å². The first-order valence-electron chi connectivity index (χ1n) is 5.45. The Morgan fingerprint density at radius 3 is 2.72 bits per heavy atom. The molecule has 94 valence electrons. The number of nitrogens with zero attached hydrogens (tertiary/aromatic N) is 1. The fourth-order valence-electron chi connectivity index (χ4n) is 1.61. The number of β-lactam (4-membered cyclic amide) rings is 1. The van der Waals surface area contributed by atoms with Gasteiger partial charge in [0, 0.05) is 17.3 Å². The van der Waals surface area contributed by atoms with Gasteiger partial charge in [0.05, 0.1) is 5.75 Å². The summed E-state index contributed by atoms with van der Waals surface area (Å²) in [5, 5.41) is 0.527. The van der Waals surface area contributed by atoms with E-state index in [1.807, 2.05) is 12.1 Å². The van der Waals surface area contributed by atoms with Crippen molar-refractivity contribution in [1.29, 1.82) is 0 Å². The van der Waals surface area contributed by atoms with Crippen molar-refractivity contribution >= 4 is 40.7 Å². The summed E-state index contributed by atoms with van der Waals surface area (Å²) in [4.78, 5) is 24.6. The molecule has 1 heterocycles. The number of benzene rings is 1. The Kier molecular flexibility index (Phi) is 4.09. The molecule has 3 nitrogen and oxygen atoms in total. The number of allylic oxidation sites excluding steroid dienone is 1. The lowest BCUT2D eigenvalue weighted by Crippen LogP contribution is -2.55. The van der Waals surface area contributed by atoms with Crippen molar-refractivity contribution in [3.8, 4) is 0 Å². The summed E-state index contributed by atoms with van der Waals surface area (Å²) in [5.74, 6) is 0.311. The molecule has 2 rings (SSSR count). The van der Waals surface area contributed by atoms with E-state index in [2.05, 4.69) is 6.58 Å². The van der Waals surface area contributed by atoms with Crippen LogP contribution in [0.5, 0.6) is 0 Å². The lowest BCUT2D eigenvalue weighted by molar-refractivity contribution is -0.121. The van der Waals surface area contributed by atoms with E-state index in [1.54, 1.807) is 17.0 Å². The highest BCUT2D eigenvalue weighted by Crippen LogP contribution is 2.30. The molecule has 1 aromatic rings. The van der Waals surface area contributed by atoms with Gasteiger partial charge >= 0.3 is 0 Å². The Hall–Kier alpha value is -1.26. The minimum atomic E-state index is -0.121. The number of anilines is 1. The maximum absolute atomic E-state index is 11.9. The summed E-state index contributed by atoms with van der Waals surface area (Å²) < 4.78 is 0. The first kappa shape index (κ1) is 13.2. The van der Waals surface area contributed by atoms with Crippen LogP contribution in [0.4, 0.5) is 5.69 Å². The molecule has 1 aliphatic rings. The monoisotopic (exact) mass is 281 g/mol. The molecule has 0 radical (unpaired) electrons. The van der Waals surface area contributed by atoms with Gasteiger partial charge in [-0.3, -0.25) is 9.59 Å². The average molecular weight is 282 g/mol. The van der Waals surface area contributed by atoms with Crippen molar-refractivity contribution < 1.29 is 9.59 Å². The quantitative estimate of drug-likeness (QED) is 0.615. The zero-order valence-corrected chi connectivity index (χ0v) is 11.2. The third-order valence-electron chi connectivity index (χ3n) is 2.68. The number of carbonyl (C=O) groups is 2. The number of halogens is 1. The second kappa shape index (κ2) is 5.59. The lowest BCUT2D eigenvalue weighted by Gasteiger charge is -2.37. The van der Waals surface area contributed by atoms with Crippen molar-refractivity contribution in [2.45, 2.75) is 5.25 Å². The molecule has 1 saturated heterocycles. The van der Waals surface area contributed by atoms with Crippen LogP contribution in [-0.2, 0) is 9.59 Å². The zero-order chi connectivity index (χ0) is 13.1. The van der Waals surface area contributed by atoms with Gasteiger partial charge in [-0.2, -0.15) is 0 Å². The van der Waals surface area contributed by atoms with E-state index in [9.17, 15) is 9.59 Å². The van der Waals surface area contributed by atoms with Crippen molar-refractivity contribution in [3.63, 3.8) is 0 Å². The minimum absolute atomic E-state index is 0.0409. The molecule has 18 heavy (non-hydrogen) atoms. The standard InChI is InChI=1S/C13H12ClNO2S/c1-2-11(16)8-18-12-7-15(13(12)17)10-5-3-9(14)4-6-10/h2-6,12H,1,7-8H2. The minimum Gasteiger partial charge on any atom is -0.310 e. The highest BCUT2D eigenvalue weighted by molar-refractivity contribution is 8.01.